The molecule has 4 nitrogen and oxygen atoms in total. The largest absolute Gasteiger partial charge is 0.508 e. The van der Waals surface area contributed by atoms with Crippen molar-refractivity contribution in [2.24, 2.45) is 0 Å². The first-order valence-corrected chi connectivity index (χ1v) is 7.29. The summed E-state index contributed by atoms with van der Waals surface area (Å²) in [6, 6.07) is 13.0. The number of methoxy groups -OCH3 is 1. The highest BCUT2D eigenvalue weighted by Gasteiger charge is 2.10. The van der Waals surface area contributed by atoms with E-state index in [2.05, 4.69) is 17.7 Å². The number of benzene rings is 2. The van der Waals surface area contributed by atoms with Crippen LogP contribution in [0.3, 0.4) is 0 Å². The van der Waals surface area contributed by atoms with Gasteiger partial charge >= 0.3 is 0 Å². The third-order valence-corrected chi connectivity index (χ3v) is 3.74. The molecule has 0 aliphatic carbocycles. The van der Waals surface area contributed by atoms with Crippen molar-refractivity contribution in [3.05, 3.63) is 54.2 Å². The molecular formula is C18H19NO3. The lowest BCUT2D eigenvalue weighted by atomic mass is 10.2. The summed E-state index contributed by atoms with van der Waals surface area (Å²) >= 11 is 0. The smallest absolute Gasteiger partial charge is 0.161 e. The van der Waals surface area contributed by atoms with Crippen LogP contribution in [0, 0.1) is 0 Å². The summed E-state index contributed by atoms with van der Waals surface area (Å²) in [6.45, 7) is 3.39. The zero-order valence-electron chi connectivity index (χ0n) is 12.7. The molecule has 0 spiro atoms. The second kappa shape index (κ2) is 6.02. The highest BCUT2D eigenvalue weighted by molar-refractivity contribution is 5.85. The summed E-state index contributed by atoms with van der Waals surface area (Å²) in [5, 5.41) is 10.7. The number of hydrogen-bond donors (Lipinski definition) is 1. The molecule has 0 bridgehead atoms. The van der Waals surface area contributed by atoms with Gasteiger partial charge in [0.25, 0.3) is 0 Å². The van der Waals surface area contributed by atoms with Crippen molar-refractivity contribution in [1.29, 1.82) is 0 Å². The standard InChI is InChI=1S/C18H19NO3/c1-3-19-11-13(15-10-14(20)8-9-16(15)19)12-22-18-7-5-4-6-17(18)21-2/h4-11,20H,3,12H2,1-2H3. The summed E-state index contributed by atoms with van der Waals surface area (Å²) in [7, 11) is 1.63. The van der Waals surface area contributed by atoms with Crippen LogP contribution in [0.4, 0.5) is 0 Å². The molecule has 114 valence electrons. The molecule has 0 aliphatic rings. The SMILES string of the molecule is CCn1cc(COc2ccccc2OC)c2cc(O)ccc21. The van der Waals surface area contributed by atoms with E-state index < -0.39 is 0 Å². The van der Waals surface area contributed by atoms with Gasteiger partial charge in [-0.05, 0) is 37.3 Å². The van der Waals surface area contributed by atoms with E-state index in [9.17, 15) is 5.11 Å². The summed E-state index contributed by atoms with van der Waals surface area (Å²) in [5.74, 6) is 1.69. The quantitative estimate of drug-likeness (QED) is 0.775. The molecule has 22 heavy (non-hydrogen) atoms. The Bertz CT molecular complexity index is 792. The molecule has 0 aliphatic heterocycles. The first-order valence-electron chi connectivity index (χ1n) is 7.29. The van der Waals surface area contributed by atoms with Gasteiger partial charge in [-0.1, -0.05) is 12.1 Å². The Balaban J connectivity index is 1.92. The third-order valence-electron chi connectivity index (χ3n) is 3.74. The Morgan fingerprint density at radius 3 is 2.59 bits per heavy atom. The minimum Gasteiger partial charge on any atom is -0.508 e. The van der Waals surface area contributed by atoms with Gasteiger partial charge in [0.15, 0.2) is 11.5 Å². The van der Waals surface area contributed by atoms with Gasteiger partial charge in [0.05, 0.1) is 7.11 Å². The molecule has 0 radical (unpaired) electrons. The number of hydrogen-bond acceptors (Lipinski definition) is 3. The first-order chi connectivity index (χ1) is 10.7. The van der Waals surface area contributed by atoms with Crippen molar-refractivity contribution in [2.45, 2.75) is 20.1 Å². The van der Waals surface area contributed by atoms with Crippen LogP contribution in [0.1, 0.15) is 12.5 Å². The Hall–Kier alpha value is -2.62. The van der Waals surface area contributed by atoms with Crippen molar-refractivity contribution < 1.29 is 14.6 Å². The van der Waals surface area contributed by atoms with Crippen LogP contribution in [0.5, 0.6) is 17.2 Å². The highest BCUT2D eigenvalue weighted by atomic mass is 16.5. The molecule has 0 unspecified atom stereocenters. The van der Waals surface area contributed by atoms with Crippen LogP contribution >= 0.6 is 0 Å². The zero-order chi connectivity index (χ0) is 15.5. The third kappa shape index (κ3) is 2.60. The number of aromatic hydroxyl groups is 1. The number of rotatable bonds is 5. The number of para-hydroxylation sites is 2. The van der Waals surface area contributed by atoms with Crippen molar-refractivity contribution in [3.63, 3.8) is 0 Å². The maximum atomic E-state index is 9.73. The van der Waals surface area contributed by atoms with E-state index in [-0.39, 0.29) is 5.75 Å². The van der Waals surface area contributed by atoms with E-state index in [1.165, 1.54) is 0 Å². The van der Waals surface area contributed by atoms with E-state index in [0.717, 1.165) is 23.0 Å². The van der Waals surface area contributed by atoms with Crippen molar-refractivity contribution in [1.82, 2.24) is 4.57 Å². The van der Waals surface area contributed by atoms with Gasteiger partial charge in [0.1, 0.15) is 12.4 Å². The van der Waals surface area contributed by atoms with Gasteiger partial charge < -0.3 is 19.1 Å². The minimum atomic E-state index is 0.264. The zero-order valence-corrected chi connectivity index (χ0v) is 12.7. The Labute approximate surface area is 129 Å². The van der Waals surface area contributed by atoms with Gasteiger partial charge in [-0.2, -0.15) is 0 Å². The van der Waals surface area contributed by atoms with Gasteiger partial charge in [-0.25, -0.2) is 0 Å². The molecule has 0 saturated heterocycles. The van der Waals surface area contributed by atoms with Gasteiger partial charge in [0, 0.05) is 29.2 Å². The second-order valence-electron chi connectivity index (χ2n) is 5.08. The minimum absolute atomic E-state index is 0.264. The Kier molecular flexibility index (Phi) is 3.92. The van der Waals surface area contributed by atoms with Crippen LogP contribution in [0.25, 0.3) is 10.9 Å². The lowest BCUT2D eigenvalue weighted by Gasteiger charge is -2.09. The van der Waals surface area contributed by atoms with Crippen LogP contribution < -0.4 is 9.47 Å². The molecule has 3 rings (SSSR count). The highest BCUT2D eigenvalue weighted by Crippen LogP contribution is 2.29. The number of phenolic OH excluding ortho intramolecular Hbond substituents is 1. The molecule has 2 aromatic carbocycles. The topological polar surface area (TPSA) is 43.6 Å². The van der Waals surface area contributed by atoms with Gasteiger partial charge in [-0.3, -0.25) is 0 Å². The Morgan fingerprint density at radius 2 is 1.86 bits per heavy atom. The normalized spacial score (nSPS) is 10.8. The molecule has 1 heterocycles. The average molecular weight is 297 g/mol. The van der Waals surface area contributed by atoms with Crippen LogP contribution in [-0.2, 0) is 13.2 Å². The molecule has 1 N–H and O–H groups in total. The molecule has 3 aromatic rings. The monoisotopic (exact) mass is 297 g/mol. The molecule has 1 aromatic heterocycles. The second-order valence-corrected chi connectivity index (χ2v) is 5.08. The molecule has 0 saturated carbocycles. The van der Waals surface area contributed by atoms with Crippen molar-refractivity contribution in [2.75, 3.05) is 7.11 Å². The average Bonchev–Trinajstić information content (AvgIpc) is 2.90. The predicted octanol–water partition coefficient (Wildman–Crippen LogP) is 3.95. The van der Waals surface area contributed by atoms with E-state index in [1.54, 1.807) is 19.2 Å². The van der Waals surface area contributed by atoms with E-state index in [4.69, 9.17) is 9.47 Å². The molecular weight excluding hydrogens is 278 g/mol. The number of fused-ring (bicyclic) bond motifs is 1. The van der Waals surface area contributed by atoms with Gasteiger partial charge in [-0.15, -0.1) is 0 Å². The summed E-state index contributed by atoms with van der Waals surface area (Å²) in [4.78, 5) is 0. The number of aromatic nitrogens is 1. The number of phenols is 1. The van der Waals surface area contributed by atoms with Crippen LogP contribution in [0.15, 0.2) is 48.7 Å². The summed E-state index contributed by atoms with van der Waals surface area (Å²) in [5.41, 5.74) is 2.14. The first kappa shape index (κ1) is 14.3. The van der Waals surface area contributed by atoms with Crippen LogP contribution in [-0.4, -0.2) is 16.8 Å². The predicted molar refractivity (Wildman–Crippen MR) is 86.6 cm³/mol. The van der Waals surface area contributed by atoms with Crippen molar-refractivity contribution in [3.8, 4) is 17.2 Å². The van der Waals surface area contributed by atoms with E-state index in [1.807, 2.05) is 30.3 Å². The van der Waals surface area contributed by atoms with Crippen molar-refractivity contribution >= 4 is 10.9 Å². The van der Waals surface area contributed by atoms with Gasteiger partial charge in [0.2, 0.25) is 0 Å². The van der Waals surface area contributed by atoms with E-state index in [0.29, 0.717) is 18.1 Å². The van der Waals surface area contributed by atoms with Crippen LogP contribution in [0.2, 0.25) is 0 Å². The number of aryl methyl sites for hydroxylation is 1. The number of nitrogens with zero attached hydrogens (tertiary/aromatic N) is 1. The summed E-state index contributed by atoms with van der Waals surface area (Å²) in [6.07, 6.45) is 2.07. The van der Waals surface area contributed by atoms with E-state index >= 15 is 0 Å². The summed E-state index contributed by atoms with van der Waals surface area (Å²) < 4.78 is 13.3. The maximum Gasteiger partial charge on any atom is 0.161 e. The fraction of sp³-hybridized carbons (Fsp3) is 0.222. The molecule has 0 atom stereocenters. The lowest BCUT2D eigenvalue weighted by molar-refractivity contribution is 0.285. The number of ether oxygens (including phenoxy) is 2. The molecule has 0 fully saturated rings. The molecule has 4 heteroatoms. The lowest BCUT2D eigenvalue weighted by Crippen LogP contribution is -1.97. The maximum absolute atomic E-state index is 9.73. The fourth-order valence-corrected chi connectivity index (χ4v) is 2.63. The fourth-order valence-electron chi connectivity index (χ4n) is 2.63. The Morgan fingerprint density at radius 1 is 1.09 bits per heavy atom. The molecule has 0 amide bonds.